The molecule has 2 N–H and O–H groups in total. The Morgan fingerprint density at radius 3 is 2.12 bits per heavy atom. The Kier molecular flexibility index (Phi) is 30.4. The van der Waals surface area contributed by atoms with Crippen LogP contribution in [-0.4, -0.2) is 98.2 Å². The minimum atomic E-state index is -4.70. The van der Waals surface area contributed by atoms with Crippen LogP contribution in [0.15, 0.2) is 60.8 Å². The van der Waals surface area contributed by atoms with E-state index in [9.17, 15) is 34.1 Å². The molecule has 0 aromatic rings. The van der Waals surface area contributed by atoms with E-state index in [1.807, 2.05) is 21.1 Å². The zero-order valence-corrected chi connectivity index (χ0v) is 37.8. The summed E-state index contributed by atoms with van der Waals surface area (Å²) >= 11 is 0. The zero-order valence-electron chi connectivity index (χ0n) is 36.9. The highest BCUT2D eigenvalue weighted by Crippen LogP contribution is 2.38. The van der Waals surface area contributed by atoms with Crippen molar-refractivity contribution in [2.45, 2.75) is 154 Å². The number of phosphoric ester groups is 1. The Hall–Kier alpha value is -2.70. The molecule has 0 radical (unpaired) electrons. The summed E-state index contributed by atoms with van der Waals surface area (Å²) in [5, 5.41) is 20.8. The van der Waals surface area contributed by atoms with Gasteiger partial charge in [-0.05, 0) is 70.1 Å². The topological polar surface area (TPSA) is 169 Å². The first-order chi connectivity index (χ1) is 28.2. The molecular weight excluding hydrogens is 773 g/mol. The molecule has 1 unspecified atom stereocenters. The van der Waals surface area contributed by atoms with E-state index >= 15 is 0 Å². The van der Waals surface area contributed by atoms with Crippen molar-refractivity contribution in [1.29, 1.82) is 0 Å². The van der Waals surface area contributed by atoms with Gasteiger partial charge in [-0.1, -0.05) is 113 Å². The number of phosphoric acid groups is 1. The molecule has 0 aromatic heterocycles. The predicted octanol–water partition coefficient (Wildman–Crippen LogP) is 8.42. The number of aliphatic hydroxyl groups excluding tert-OH is 2. The molecule has 13 heteroatoms. The summed E-state index contributed by atoms with van der Waals surface area (Å²) < 4.78 is 33.8. The number of allylic oxidation sites excluding steroid dienone is 9. The van der Waals surface area contributed by atoms with Gasteiger partial charge in [0, 0.05) is 25.2 Å². The number of rotatable bonds is 35. The number of esters is 2. The Labute approximate surface area is 356 Å². The van der Waals surface area contributed by atoms with E-state index in [-0.39, 0.29) is 44.2 Å². The van der Waals surface area contributed by atoms with Gasteiger partial charge in [-0.2, -0.15) is 0 Å². The maximum Gasteiger partial charge on any atom is 0.306 e. The number of aliphatic hydroxyl groups is 2. The summed E-state index contributed by atoms with van der Waals surface area (Å²) in [6.45, 7) is 3.66. The van der Waals surface area contributed by atoms with Gasteiger partial charge in [0.15, 0.2) is 6.10 Å². The van der Waals surface area contributed by atoms with E-state index in [1.165, 1.54) is 0 Å². The van der Waals surface area contributed by atoms with E-state index in [0.717, 1.165) is 70.6 Å². The lowest BCUT2D eigenvalue weighted by atomic mass is 9.88. The smallest absolute Gasteiger partial charge is 0.306 e. The fraction of sp³-hybridized carbons (Fsp3) is 0.717. The molecule has 0 saturated heterocycles. The van der Waals surface area contributed by atoms with Gasteiger partial charge in [0.05, 0.1) is 40.0 Å². The molecule has 12 nitrogen and oxygen atoms in total. The Bertz CT molecular complexity index is 1350. The summed E-state index contributed by atoms with van der Waals surface area (Å²) in [6.07, 6.45) is 31.6. The maximum atomic E-state index is 12.8. The van der Waals surface area contributed by atoms with Crippen LogP contribution >= 0.6 is 7.82 Å². The van der Waals surface area contributed by atoms with Crippen LogP contribution in [0.2, 0.25) is 0 Å². The summed E-state index contributed by atoms with van der Waals surface area (Å²) in [4.78, 5) is 50.3. The molecule has 0 aliphatic heterocycles. The minimum absolute atomic E-state index is 0.00627. The monoisotopic (exact) mass is 852 g/mol. The van der Waals surface area contributed by atoms with Crippen molar-refractivity contribution in [2.24, 2.45) is 11.8 Å². The first-order valence-corrected chi connectivity index (χ1v) is 23.6. The second kappa shape index (κ2) is 33.0. The summed E-state index contributed by atoms with van der Waals surface area (Å²) in [6, 6.07) is 0. The van der Waals surface area contributed by atoms with Gasteiger partial charge in [-0.15, -0.1) is 0 Å². The van der Waals surface area contributed by atoms with E-state index in [4.69, 9.17) is 18.5 Å². The van der Waals surface area contributed by atoms with Crippen LogP contribution in [-0.2, 0) is 37.5 Å². The molecule has 338 valence electrons. The van der Waals surface area contributed by atoms with Crippen LogP contribution in [0.1, 0.15) is 136 Å². The SMILES string of the molecule is CC/C=C\C/C=C\C/C=C\C/C=C\CCCCC(=O)OC[C@H](COP(=O)([O-])OCC[N+](C)(C)C)OC(=O)CCCCCC[C@H]1[C@@H](O)CC(=O)[C@@H]1/C=C/[C@@H](O)CCCCC. The van der Waals surface area contributed by atoms with E-state index in [1.54, 1.807) is 12.2 Å². The first-order valence-electron chi connectivity index (χ1n) is 22.1. The van der Waals surface area contributed by atoms with Crippen LogP contribution in [0.3, 0.4) is 0 Å². The molecule has 1 aliphatic rings. The highest BCUT2D eigenvalue weighted by Gasteiger charge is 2.39. The first kappa shape index (κ1) is 54.3. The van der Waals surface area contributed by atoms with E-state index in [0.29, 0.717) is 43.1 Å². The van der Waals surface area contributed by atoms with E-state index in [2.05, 4.69) is 62.5 Å². The third-order valence-electron chi connectivity index (χ3n) is 9.93. The summed E-state index contributed by atoms with van der Waals surface area (Å²) in [7, 11) is 0.986. The second-order valence-electron chi connectivity index (χ2n) is 16.5. The minimum Gasteiger partial charge on any atom is -0.756 e. The number of ketones is 1. The molecule has 0 aromatic carbocycles. The highest BCUT2D eigenvalue weighted by molar-refractivity contribution is 7.45. The quantitative estimate of drug-likeness (QED) is 0.0206. The number of quaternary nitrogens is 1. The van der Waals surface area contributed by atoms with Gasteiger partial charge in [-0.25, -0.2) is 0 Å². The van der Waals surface area contributed by atoms with Crippen molar-refractivity contribution in [1.82, 2.24) is 0 Å². The maximum absolute atomic E-state index is 12.8. The van der Waals surface area contributed by atoms with Crippen LogP contribution in [0, 0.1) is 11.8 Å². The predicted molar refractivity (Wildman–Crippen MR) is 232 cm³/mol. The van der Waals surface area contributed by atoms with E-state index < -0.39 is 50.6 Å². The summed E-state index contributed by atoms with van der Waals surface area (Å²) in [5.74, 6) is -1.66. The second-order valence-corrected chi connectivity index (χ2v) is 17.9. The number of hydrogen-bond acceptors (Lipinski definition) is 11. The highest BCUT2D eigenvalue weighted by atomic mass is 31.2. The van der Waals surface area contributed by atoms with Crippen molar-refractivity contribution in [3.8, 4) is 0 Å². The molecule has 0 spiro atoms. The lowest BCUT2D eigenvalue weighted by Gasteiger charge is -2.28. The molecule has 1 rings (SSSR count). The van der Waals surface area contributed by atoms with Crippen molar-refractivity contribution in [3.05, 3.63) is 60.8 Å². The molecule has 0 amide bonds. The fourth-order valence-corrected chi connectivity index (χ4v) is 7.16. The Morgan fingerprint density at radius 2 is 1.46 bits per heavy atom. The fourth-order valence-electron chi connectivity index (χ4n) is 6.43. The number of carbonyl (C=O) groups excluding carboxylic acids is 3. The molecule has 1 fully saturated rings. The lowest BCUT2D eigenvalue weighted by Crippen LogP contribution is -2.37. The van der Waals surface area contributed by atoms with Crippen molar-refractivity contribution in [3.63, 3.8) is 0 Å². The molecule has 59 heavy (non-hydrogen) atoms. The molecule has 6 atom stereocenters. The molecule has 0 heterocycles. The van der Waals surface area contributed by atoms with Crippen LogP contribution in [0.4, 0.5) is 0 Å². The molecular formula is C46H78NO11P. The Morgan fingerprint density at radius 1 is 0.831 bits per heavy atom. The standard InChI is InChI=1S/C46H78NO11P/c1-6-8-10-11-12-13-14-15-16-17-18-19-20-21-26-30-45(51)55-37-40(38-57-59(53,54)56-35-34-47(3,4)5)58-46(52)31-27-23-22-25-29-41-42(44(50)36-43(41)49)33-32-39(48)28-24-9-7-2/h8,10,12-13,15-16,18-19,32-33,39-43,48-49H,6-7,9,11,14,17,20-31,34-38H2,1-5H3/b10-8-,13-12-,16-15-,19-18-,33-32+/t39-,40+,41+,42+,43-/m0/s1. The normalized spacial score (nSPS) is 19.8. The number of ether oxygens (including phenoxy) is 2. The number of hydrogen-bond donors (Lipinski definition) is 2. The van der Waals surface area contributed by atoms with Gasteiger partial charge in [0.25, 0.3) is 7.82 Å². The summed E-state index contributed by atoms with van der Waals surface area (Å²) in [5.41, 5.74) is 0. The third kappa shape index (κ3) is 30.1. The largest absolute Gasteiger partial charge is 0.756 e. The lowest BCUT2D eigenvalue weighted by molar-refractivity contribution is -0.870. The number of unbranched alkanes of at least 4 members (excludes halogenated alkanes) is 7. The van der Waals surface area contributed by atoms with Crippen LogP contribution < -0.4 is 4.89 Å². The zero-order chi connectivity index (χ0) is 43.8. The van der Waals surface area contributed by atoms with Crippen molar-refractivity contribution < 1.29 is 57.1 Å². The molecule has 1 saturated carbocycles. The average Bonchev–Trinajstić information content (AvgIpc) is 3.44. The van der Waals surface area contributed by atoms with Crippen molar-refractivity contribution >= 4 is 25.5 Å². The van der Waals surface area contributed by atoms with Gasteiger partial charge in [0.2, 0.25) is 0 Å². The number of carbonyl (C=O) groups is 3. The van der Waals surface area contributed by atoms with Crippen LogP contribution in [0.5, 0.6) is 0 Å². The van der Waals surface area contributed by atoms with Crippen LogP contribution in [0.25, 0.3) is 0 Å². The third-order valence-corrected chi connectivity index (χ3v) is 10.9. The van der Waals surface area contributed by atoms with Gasteiger partial charge >= 0.3 is 11.9 Å². The van der Waals surface area contributed by atoms with Gasteiger partial charge in [-0.3, -0.25) is 18.9 Å². The Balaban J connectivity index is 2.52. The van der Waals surface area contributed by atoms with Gasteiger partial charge < -0.3 is 38.1 Å². The van der Waals surface area contributed by atoms with Gasteiger partial charge in [0.1, 0.15) is 25.5 Å². The number of Topliss-reactive ketones (excluding diaryl/α,β-unsaturated/α-hetero) is 1. The average molecular weight is 852 g/mol. The molecule has 0 bridgehead atoms. The molecule has 1 aliphatic carbocycles. The number of likely N-dealkylation sites (N-methyl/N-ethyl adjacent to an activating group) is 1. The van der Waals surface area contributed by atoms with Crippen molar-refractivity contribution in [2.75, 3.05) is 47.5 Å². The number of nitrogens with zero attached hydrogens (tertiary/aromatic N) is 1.